The highest BCUT2D eigenvalue weighted by Gasteiger charge is 2.09. The van der Waals surface area contributed by atoms with Crippen LogP contribution in [0.5, 0.6) is 0 Å². The number of hydrogen-bond acceptors (Lipinski definition) is 3. The number of pyridine rings is 2. The molecule has 122 valence electrons. The lowest BCUT2D eigenvalue weighted by atomic mass is 10.1. The van der Waals surface area contributed by atoms with Crippen LogP contribution >= 0.6 is 34.8 Å². The lowest BCUT2D eigenvalue weighted by Crippen LogP contribution is -2.00. The van der Waals surface area contributed by atoms with Crippen LogP contribution in [0.3, 0.4) is 0 Å². The molecule has 0 unspecified atom stereocenters. The van der Waals surface area contributed by atoms with Gasteiger partial charge in [-0.25, -0.2) is 9.37 Å². The normalized spacial score (nSPS) is 10.7. The van der Waals surface area contributed by atoms with E-state index in [4.69, 9.17) is 34.8 Å². The van der Waals surface area contributed by atoms with E-state index in [1.54, 1.807) is 30.7 Å². The highest BCUT2D eigenvalue weighted by atomic mass is 35.5. The van der Waals surface area contributed by atoms with E-state index >= 15 is 0 Å². The predicted octanol–water partition coefficient (Wildman–Crippen LogP) is 5.86. The van der Waals surface area contributed by atoms with Gasteiger partial charge in [-0.1, -0.05) is 40.9 Å². The third kappa shape index (κ3) is 3.78. The number of hydrogen-bond donors (Lipinski definition) is 1. The second-order valence-corrected chi connectivity index (χ2v) is 6.17. The molecular formula is C17H11Cl3FN3. The Morgan fingerprint density at radius 1 is 1.04 bits per heavy atom. The molecule has 0 amide bonds. The fourth-order valence-corrected chi connectivity index (χ4v) is 2.68. The monoisotopic (exact) mass is 381 g/mol. The van der Waals surface area contributed by atoms with Gasteiger partial charge in [0.05, 0.1) is 15.7 Å². The standard InChI is InChI=1S/C17H11Cl3FN3/c18-14-2-1-10(5-15(14)21)7-24-12-6-11(8-22-9-12)13-3-4-23-17(20)16(13)19/h1-6,8-9,24H,7H2. The largest absolute Gasteiger partial charge is 0.380 e. The lowest BCUT2D eigenvalue weighted by Gasteiger charge is -2.10. The summed E-state index contributed by atoms with van der Waals surface area (Å²) in [4.78, 5) is 8.13. The van der Waals surface area contributed by atoms with Crippen molar-refractivity contribution in [3.63, 3.8) is 0 Å². The van der Waals surface area contributed by atoms with Crippen LogP contribution in [-0.2, 0) is 6.54 Å². The third-order valence-electron chi connectivity index (χ3n) is 3.38. The zero-order valence-corrected chi connectivity index (χ0v) is 14.5. The van der Waals surface area contributed by atoms with Gasteiger partial charge in [0.1, 0.15) is 11.0 Å². The molecule has 3 nitrogen and oxygen atoms in total. The molecule has 0 bridgehead atoms. The first-order chi connectivity index (χ1) is 11.5. The first-order valence-corrected chi connectivity index (χ1v) is 8.11. The average molecular weight is 383 g/mol. The summed E-state index contributed by atoms with van der Waals surface area (Å²) in [6.07, 6.45) is 4.94. The van der Waals surface area contributed by atoms with Crippen molar-refractivity contribution < 1.29 is 4.39 Å². The van der Waals surface area contributed by atoms with Crippen molar-refractivity contribution >= 4 is 40.5 Å². The van der Waals surface area contributed by atoms with E-state index in [9.17, 15) is 4.39 Å². The smallest absolute Gasteiger partial charge is 0.148 e. The number of nitrogens with one attached hydrogen (secondary N) is 1. The Morgan fingerprint density at radius 3 is 2.67 bits per heavy atom. The van der Waals surface area contributed by atoms with Crippen LogP contribution in [0, 0.1) is 5.82 Å². The molecule has 24 heavy (non-hydrogen) atoms. The van der Waals surface area contributed by atoms with Gasteiger partial charge >= 0.3 is 0 Å². The third-order valence-corrected chi connectivity index (χ3v) is 4.45. The van der Waals surface area contributed by atoms with Crippen LogP contribution in [0.25, 0.3) is 11.1 Å². The van der Waals surface area contributed by atoms with E-state index in [1.165, 1.54) is 12.1 Å². The van der Waals surface area contributed by atoms with Crippen molar-refractivity contribution in [1.29, 1.82) is 0 Å². The van der Waals surface area contributed by atoms with Crippen molar-refractivity contribution in [2.45, 2.75) is 6.54 Å². The minimum Gasteiger partial charge on any atom is -0.380 e. The van der Waals surface area contributed by atoms with Gasteiger partial charge in [-0.15, -0.1) is 0 Å². The number of benzene rings is 1. The average Bonchev–Trinajstić information content (AvgIpc) is 2.59. The van der Waals surface area contributed by atoms with E-state index in [1.807, 2.05) is 6.07 Å². The minimum atomic E-state index is -0.443. The molecular weight excluding hydrogens is 372 g/mol. The Labute approximate surface area is 153 Å². The maximum atomic E-state index is 13.5. The zero-order chi connectivity index (χ0) is 17.1. The van der Waals surface area contributed by atoms with E-state index in [0.29, 0.717) is 11.6 Å². The van der Waals surface area contributed by atoms with Gasteiger partial charge in [0.2, 0.25) is 0 Å². The van der Waals surface area contributed by atoms with E-state index in [-0.39, 0.29) is 10.2 Å². The van der Waals surface area contributed by atoms with E-state index in [0.717, 1.165) is 22.4 Å². The fraction of sp³-hybridized carbons (Fsp3) is 0.0588. The Bertz CT molecular complexity index is 887. The van der Waals surface area contributed by atoms with Crippen LogP contribution in [0.2, 0.25) is 15.2 Å². The van der Waals surface area contributed by atoms with Crippen LogP contribution in [0.4, 0.5) is 10.1 Å². The van der Waals surface area contributed by atoms with Crippen molar-refractivity contribution in [1.82, 2.24) is 9.97 Å². The van der Waals surface area contributed by atoms with Crippen molar-refractivity contribution in [3.05, 3.63) is 75.5 Å². The molecule has 0 aliphatic carbocycles. The number of halogens is 4. The summed E-state index contributed by atoms with van der Waals surface area (Å²) >= 11 is 17.8. The number of anilines is 1. The molecule has 0 aliphatic rings. The molecule has 7 heteroatoms. The molecule has 0 fully saturated rings. The summed E-state index contributed by atoms with van der Waals surface area (Å²) in [7, 11) is 0. The molecule has 0 saturated heterocycles. The summed E-state index contributed by atoms with van der Waals surface area (Å²) in [6, 6.07) is 8.34. The van der Waals surface area contributed by atoms with Crippen molar-refractivity contribution in [2.75, 3.05) is 5.32 Å². The maximum absolute atomic E-state index is 13.5. The van der Waals surface area contributed by atoms with Gasteiger partial charge < -0.3 is 5.32 Å². The van der Waals surface area contributed by atoms with Crippen LogP contribution in [-0.4, -0.2) is 9.97 Å². The molecule has 0 spiro atoms. The predicted molar refractivity (Wildman–Crippen MR) is 96.2 cm³/mol. The number of aromatic nitrogens is 2. The first-order valence-electron chi connectivity index (χ1n) is 6.98. The molecule has 0 saturated carbocycles. The SMILES string of the molecule is Fc1cc(CNc2cncc(-c3ccnc(Cl)c3Cl)c2)ccc1Cl. The van der Waals surface area contributed by atoms with Gasteiger partial charge in [0.25, 0.3) is 0 Å². The minimum absolute atomic E-state index is 0.103. The Kier molecular flexibility index (Phi) is 5.19. The highest BCUT2D eigenvalue weighted by molar-refractivity contribution is 6.42. The summed E-state index contributed by atoms with van der Waals surface area (Å²) in [5.41, 5.74) is 3.08. The van der Waals surface area contributed by atoms with Gasteiger partial charge in [-0.2, -0.15) is 0 Å². The molecule has 1 aromatic carbocycles. The van der Waals surface area contributed by atoms with Crippen molar-refractivity contribution in [3.8, 4) is 11.1 Å². The van der Waals surface area contributed by atoms with E-state index < -0.39 is 5.82 Å². The van der Waals surface area contributed by atoms with Crippen LogP contribution in [0.15, 0.2) is 48.9 Å². The zero-order valence-electron chi connectivity index (χ0n) is 12.2. The maximum Gasteiger partial charge on any atom is 0.148 e. The summed E-state index contributed by atoms with van der Waals surface area (Å²) in [5.74, 6) is -0.443. The summed E-state index contributed by atoms with van der Waals surface area (Å²) < 4.78 is 13.5. The molecule has 0 atom stereocenters. The quantitative estimate of drug-likeness (QED) is 0.575. The van der Waals surface area contributed by atoms with Gasteiger partial charge in [0, 0.05) is 36.3 Å². The molecule has 2 aromatic heterocycles. The summed E-state index contributed by atoms with van der Waals surface area (Å²) in [6.45, 7) is 0.435. The van der Waals surface area contributed by atoms with Gasteiger partial charge in [0.15, 0.2) is 0 Å². The van der Waals surface area contributed by atoms with Gasteiger partial charge in [-0.05, 0) is 29.8 Å². The molecule has 0 aliphatic heterocycles. The topological polar surface area (TPSA) is 37.8 Å². The molecule has 3 rings (SSSR count). The fourth-order valence-electron chi connectivity index (χ4n) is 2.18. The second-order valence-electron chi connectivity index (χ2n) is 5.03. The Morgan fingerprint density at radius 2 is 1.88 bits per heavy atom. The van der Waals surface area contributed by atoms with Crippen LogP contribution in [0.1, 0.15) is 5.56 Å². The first kappa shape index (κ1) is 17.0. The Hall–Kier alpha value is -1.88. The number of rotatable bonds is 4. The van der Waals surface area contributed by atoms with Crippen LogP contribution < -0.4 is 5.32 Å². The number of nitrogens with zero attached hydrogens (tertiary/aromatic N) is 2. The molecule has 0 radical (unpaired) electrons. The van der Waals surface area contributed by atoms with Crippen molar-refractivity contribution in [2.24, 2.45) is 0 Å². The molecule has 2 heterocycles. The Balaban J connectivity index is 1.80. The highest BCUT2D eigenvalue weighted by Crippen LogP contribution is 2.32. The molecule has 1 N–H and O–H groups in total. The molecule has 3 aromatic rings. The van der Waals surface area contributed by atoms with E-state index in [2.05, 4.69) is 15.3 Å². The second kappa shape index (κ2) is 7.34. The lowest BCUT2D eigenvalue weighted by molar-refractivity contribution is 0.626. The summed E-state index contributed by atoms with van der Waals surface area (Å²) in [5, 5.41) is 3.90. The van der Waals surface area contributed by atoms with Gasteiger partial charge in [-0.3, -0.25) is 4.98 Å².